The number of halogens is 1. The Labute approximate surface area is 152 Å². The number of nitrogens with zero attached hydrogens (tertiary/aromatic N) is 3. The summed E-state index contributed by atoms with van der Waals surface area (Å²) in [6, 6.07) is 11.3. The second kappa shape index (κ2) is 6.31. The van der Waals surface area contributed by atoms with Gasteiger partial charge < -0.3 is 5.32 Å². The number of anilines is 2. The summed E-state index contributed by atoms with van der Waals surface area (Å²) in [7, 11) is 0. The summed E-state index contributed by atoms with van der Waals surface area (Å²) in [5, 5.41) is 9.24. The SMILES string of the molecule is Cc1sc(C=O)cc1-n1ncc2cc(Nc3ccccc3Cl)cnc21. The van der Waals surface area contributed by atoms with Crippen LogP contribution in [0.1, 0.15) is 14.5 Å². The molecule has 7 heteroatoms. The molecule has 0 fully saturated rings. The molecule has 0 bridgehead atoms. The molecule has 0 saturated carbocycles. The summed E-state index contributed by atoms with van der Waals surface area (Å²) in [5.41, 5.74) is 3.27. The van der Waals surface area contributed by atoms with Gasteiger partial charge in [0.15, 0.2) is 11.9 Å². The van der Waals surface area contributed by atoms with E-state index in [0.29, 0.717) is 9.90 Å². The highest BCUT2D eigenvalue weighted by Gasteiger charge is 2.12. The Morgan fingerprint density at radius 1 is 1.24 bits per heavy atom. The van der Waals surface area contributed by atoms with E-state index < -0.39 is 0 Å². The number of aldehydes is 1. The molecule has 124 valence electrons. The van der Waals surface area contributed by atoms with E-state index in [0.717, 1.165) is 39.3 Å². The smallest absolute Gasteiger partial charge is 0.163 e. The first-order valence-corrected chi connectivity index (χ1v) is 8.76. The summed E-state index contributed by atoms with van der Waals surface area (Å²) in [4.78, 5) is 17.2. The van der Waals surface area contributed by atoms with Crippen molar-refractivity contribution in [1.29, 1.82) is 0 Å². The molecule has 5 nitrogen and oxygen atoms in total. The number of benzene rings is 1. The van der Waals surface area contributed by atoms with Crippen LogP contribution >= 0.6 is 22.9 Å². The van der Waals surface area contributed by atoms with E-state index in [9.17, 15) is 4.79 Å². The van der Waals surface area contributed by atoms with Crippen LogP contribution in [0, 0.1) is 6.92 Å². The quantitative estimate of drug-likeness (QED) is 0.515. The number of nitrogens with one attached hydrogen (secondary N) is 1. The number of hydrogen-bond donors (Lipinski definition) is 1. The van der Waals surface area contributed by atoms with Gasteiger partial charge in [-0.25, -0.2) is 9.67 Å². The minimum Gasteiger partial charge on any atom is -0.353 e. The topological polar surface area (TPSA) is 59.8 Å². The van der Waals surface area contributed by atoms with Crippen LogP contribution in [-0.2, 0) is 0 Å². The standard InChI is InChI=1S/C18H13ClN4OS/c1-11-17(7-14(10-24)25-11)23-18-12(8-21-23)6-13(9-20-18)22-16-5-3-2-4-15(16)19/h2-10,22H,1H3. The Morgan fingerprint density at radius 3 is 2.84 bits per heavy atom. The van der Waals surface area contributed by atoms with E-state index in [1.165, 1.54) is 11.3 Å². The molecule has 0 amide bonds. The molecule has 4 rings (SSSR count). The number of rotatable bonds is 4. The highest BCUT2D eigenvalue weighted by Crippen LogP contribution is 2.29. The Morgan fingerprint density at radius 2 is 2.08 bits per heavy atom. The van der Waals surface area contributed by atoms with Gasteiger partial charge >= 0.3 is 0 Å². The number of hydrogen-bond acceptors (Lipinski definition) is 5. The van der Waals surface area contributed by atoms with Crippen LogP contribution < -0.4 is 5.32 Å². The monoisotopic (exact) mass is 368 g/mol. The molecule has 1 aromatic carbocycles. The molecule has 3 aromatic heterocycles. The number of pyridine rings is 1. The molecule has 4 aromatic rings. The maximum atomic E-state index is 11.0. The fourth-order valence-electron chi connectivity index (χ4n) is 2.65. The lowest BCUT2D eigenvalue weighted by Crippen LogP contribution is -1.98. The fourth-order valence-corrected chi connectivity index (χ4v) is 3.65. The van der Waals surface area contributed by atoms with E-state index >= 15 is 0 Å². The minimum absolute atomic E-state index is 0.647. The molecule has 0 saturated heterocycles. The number of thiophene rings is 1. The number of aromatic nitrogens is 3. The van der Waals surface area contributed by atoms with Gasteiger partial charge in [-0.05, 0) is 31.2 Å². The lowest BCUT2D eigenvalue weighted by Gasteiger charge is -2.08. The van der Waals surface area contributed by atoms with Gasteiger partial charge in [0.2, 0.25) is 0 Å². The summed E-state index contributed by atoms with van der Waals surface area (Å²) >= 11 is 7.63. The van der Waals surface area contributed by atoms with E-state index in [2.05, 4.69) is 15.4 Å². The van der Waals surface area contributed by atoms with Crippen LogP contribution in [0.4, 0.5) is 11.4 Å². The molecule has 0 atom stereocenters. The fraction of sp³-hybridized carbons (Fsp3) is 0.0556. The van der Waals surface area contributed by atoms with Crippen LogP contribution in [0.3, 0.4) is 0 Å². The molecule has 0 aliphatic rings. The average molecular weight is 369 g/mol. The summed E-state index contributed by atoms with van der Waals surface area (Å²) < 4.78 is 1.76. The normalized spacial score (nSPS) is 11.0. The van der Waals surface area contributed by atoms with Gasteiger partial charge in [-0.1, -0.05) is 23.7 Å². The number of carbonyl (C=O) groups is 1. The first kappa shape index (κ1) is 15.8. The first-order chi connectivity index (χ1) is 12.2. The maximum Gasteiger partial charge on any atom is 0.163 e. The van der Waals surface area contributed by atoms with Crippen molar-refractivity contribution in [3.8, 4) is 5.69 Å². The maximum absolute atomic E-state index is 11.0. The van der Waals surface area contributed by atoms with Crippen LogP contribution in [0.2, 0.25) is 5.02 Å². The van der Waals surface area contributed by atoms with Crippen LogP contribution in [0.5, 0.6) is 0 Å². The van der Waals surface area contributed by atoms with Crippen molar-refractivity contribution in [2.24, 2.45) is 0 Å². The molecule has 0 spiro atoms. The van der Waals surface area contributed by atoms with Crippen molar-refractivity contribution >= 4 is 51.6 Å². The Bertz CT molecular complexity index is 1090. The highest BCUT2D eigenvalue weighted by atomic mass is 35.5. The summed E-state index contributed by atoms with van der Waals surface area (Å²) in [6.45, 7) is 1.97. The number of aryl methyl sites for hydroxylation is 1. The van der Waals surface area contributed by atoms with Crippen molar-refractivity contribution < 1.29 is 4.79 Å². The van der Waals surface area contributed by atoms with Crippen molar-refractivity contribution in [1.82, 2.24) is 14.8 Å². The van der Waals surface area contributed by atoms with Crippen molar-refractivity contribution in [2.75, 3.05) is 5.32 Å². The molecule has 1 N–H and O–H groups in total. The Balaban J connectivity index is 1.73. The highest BCUT2D eigenvalue weighted by molar-refractivity contribution is 7.14. The number of fused-ring (bicyclic) bond motifs is 1. The van der Waals surface area contributed by atoms with Crippen molar-refractivity contribution in [2.45, 2.75) is 6.92 Å². The van der Waals surface area contributed by atoms with E-state index in [1.807, 2.05) is 43.3 Å². The summed E-state index contributed by atoms with van der Waals surface area (Å²) in [5.74, 6) is 0. The van der Waals surface area contributed by atoms with Gasteiger partial charge in [0, 0.05) is 10.3 Å². The van der Waals surface area contributed by atoms with Crippen LogP contribution in [0.15, 0.2) is 48.8 Å². The van der Waals surface area contributed by atoms with Gasteiger partial charge in [-0.3, -0.25) is 4.79 Å². The van der Waals surface area contributed by atoms with Crippen molar-refractivity contribution in [3.63, 3.8) is 0 Å². The molecular formula is C18H13ClN4OS. The molecular weight excluding hydrogens is 356 g/mol. The molecule has 25 heavy (non-hydrogen) atoms. The molecule has 0 aliphatic heterocycles. The van der Waals surface area contributed by atoms with Crippen molar-refractivity contribution in [3.05, 3.63) is 63.6 Å². The van der Waals surface area contributed by atoms with Crippen LogP contribution in [0.25, 0.3) is 16.7 Å². The predicted octanol–water partition coefficient (Wildman–Crippen LogP) is 5.00. The van der Waals surface area contributed by atoms with Gasteiger partial charge in [0.05, 0.1) is 39.4 Å². The third-order valence-corrected chi connectivity index (χ3v) is 5.11. The zero-order valence-corrected chi connectivity index (χ0v) is 14.8. The van der Waals surface area contributed by atoms with Crippen LogP contribution in [-0.4, -0.2) is 21.1 Å². The van der Waals surface area contributed by atoms with Gasteiger partial charge in [-0.15, -0.1) is 11.3 Å². The Hall–Kier alpha value is -2.70. The second-order valence-electron chi connectivity index (χ2n) is 5.51. The van der Waals surface area contributed by atoms with Gasteiger partial charge in [-0.2, -0.15) is 5.10 Å². The molecule has 3 heterocycles. The largest absolute Gasteiger partial charge is 0.353 e. The zero-order valence-electron chi connectivity index (χ0n) is 13.2. The van der Waals surface area contributed by atoms with Gasteiger partial charge in [0.1, 0.15) is 0 Å². The lowest BCUT2D eigenvalue weighted by atomic mass is 10.3. The Kier molecular flexibility index (Phi) is 3.99. The van der Waals surface area contributed by atoms with E-state index in [4.69, 9.17) is 11.6 Å². The first-order valence-electron chi connectivity index (χ1n) is 7.57. The van der Waals surface area contributed by atoms with Gasteiger partial charge in [0.25, 0.3) is 0 Å². The molecule has 0 aliphatic carbocycles. The minimum atomic E-state index is 0.647. The second-order valence-corrected chi connectivity index (χ2v) is 7.20. The van der Waals surface area contributed by atoms with E-state index in [-0.39, 0.29) is 0 Å². The lowest BCUT2D eigenvalue weighted by molar-refractivity contribution is 0.112. The number of para-hydroxylation sites is 1. The van der Waals surface area contributed by atoms with E-state index in [1.54, 1.807) is 17.1 Å². The number of carbonyl (C=O) groups excluding carboxylic acids is 1. The molecule has 0 radical (unpaired) electrons. The third kappa shape index (κ3) is 2.90. The summed E-state index contributed by atoms with van der Waals surface area (Å²) in [6.07, 6.45) is 4.36. The molecule has 0 unspecified atom stereocenters. The average Bonchev–Trinajstić information content (AvgIpc) is 3.19. The predicted molar refractivity (Wildman–Crippen MR) is 102 cm³/mol. The third-order valence-electron chi connectivity index (χ3n) is 3.82. The zero-order chi connectivity index (χ0) is 17.4.